The molecule has 0 saturated carbocycles. The quantitative estimate of drug-likeness (QED) is 0.594. The molecule has 1 heterocycles. The molecule has 1 rings (SSSR count). The van der Waals surface area contributed by atoms with Crippen LogP contribution in [0.3, 0.4) is 0 Å². The van der Waals surface area contributed by atoms with Gasteiger partial charge in [0.1, 0.15) is 0 Å². The molecule has 60 valence electrons. The van der Waals surface area contributed by atoms with Crippen LogP contribution in [0.2, 0.25) is 0 Å². The molecule has 0 bridgehead atoms. The van der Waals surface area contributed by atoms with Crippen LogP contribution in [-0.2, 0) is 13.6 Å². The Morgan fingerprint density at radius 1 is 1.73 bits per heavy atom. The van der Waals surface area contributed by atoms with Gasteiger partial charge in [0.05, 0.1) is 11.9 Å². The molecule has 0 spiro atoms. The Hall–Kier alpha value is -1.16. The summed E-state index contributed by atoms with van der Waals surface area (Å²) in [7, 11) is 1.66. The molecule has 2 N–H and O–H groups in total. The lowest BCUT2D eigenvalue weighted by Gasteiger charge is -2.02. The molecule has 0 atom stereocenters. The predicted octanol–water partition coefficient (Wildman–Crippen LogP) is -0.453. The van der Waals surface area contributed by atoms with E-state index in [1.54, 1.807) is 14.0 Å². The van der Waals surface area contributed by atoms with Crippen molar-refractivity contribution < 1.29 is 0 Å². The van der Waals surface area contributed by atoms with E-state index in [0.29, 0.717) is 5.56 Å². The molecule has 1 aromatic heterocycles. The topological polar surface area (TPSA) is 60.9 Å². The van der Waals surface area contributed by atoms with Crippen molar-refractivity contribution in [1.82, 2.24) is 9.55 Å². The van der Waals surface area contributed by atoms with Crippen LogP contribution in [0.1, 0.15) is 11.3 Å². The fourth-order valence-corrected chi connectivity index (χ4v) is 0.906. The van der Waals surface area contributed by atoms with Gasteiger partial charge >= 0.3 is 0 Å². The van der Waals surface area contributed by atoms with Gasteiger partial charge in [-0.2, -0.15) is 0 Å². The summed E-state index contributed by atoms with van der Waals surface area (Å²) in [6.07, 6.45) is 1.50. The highest BCUT2D eigenvalue weighted by Crippen LogP contribution is 1.94. The number of nitrogens with two attached hydrogens (primary N) is 1. The molecule has 0 aliphatic carbocycles. The van der Waals surface area contributed by atoms with E-state index in [4.69, 9.17) is 5.73 Å². The normalized spacial score (nSPS) is 10.1. The molecule has 0 saturated heterocycles. The van der Waals surface area contributed by atoms with Crippen LogP contribution < -0.4 is 11.3 Å². The first-order chi connectivity index (χ1) is 5.16. The molecular weight excluding hydrogens is 142 g/mol. The molecule has 0 fully saturated rings. The lowest BCUT2D eigenvalue weighted by Crippen LogP contribution is -2.24. The minimum absolute atomic E-state index is 0.0556. The van der Waals surface area contributed by atoms with Crippen LogP contribution in [-0.4, -0.2) is 9.55 Å². The number of hydrogen-bond acceptors (Lipinski definition) is 3. The van der Waals surface area contributed by atoms with Gasteiger partial charge < -0.3 is 10.3 Å². The van der Waals surface area contributed by atoms with E-state index in [9.17, 15) is 4.79 Å². The van der Waals surface area contributed by atoms with Gasteiger partial charge in [0.15, 0.2) is 0 Å². The molecule has 4 nitrogen and oxygen atoms in total. The summed E-state index contributed by atoms with van der Waals surface area (Å²) in [5.74, 6) is 0. The van der Waals surface area contributed by atoms with Crippen molar-refractivity contribution in [2.75, 3.05) is 0 Å². The molecule has 1 aromatic rings. The van der Waals surface area contributed by atoms with Gasteiger partial charge in [0.25, 0.3) is 5.56 Å². The Bertz CT molecular complexity index is 316. The Balaban J connectivity index is 3.41. The average Bonchev–Trinajstić information content (AvgIpc) is 1.99. The van der Waals surface area contributed by atoms with Crippen molar-refractivity contribution in [2.24, 2.45) is 12.8 Å². The zero-order chi connectivity index (χ0) is 8.43. The summed E-state index contributed by atoms with van der Waals surface area (Å²) >= 11 is 0. The molecule has 0 aliphatic heterocycles. The van der Waals surface area contributed by atoms with E-state index in [-0.39, 0.29) is 12.1 Å². The third kappa shape index (κ3) is 1.30. The van der Waals surface area contributed by atoms with E-state index in [2.05, 4.69) is 4.98 Å². The third-order valence-corrected chi connectivity index (χ3v) is 1.64. The van der Waals surface area contributed by atoms with Crippen molar-refractivity contribution in [2.45, 2.75) is 13.5 Å². The summed E-state index contributed by atoms with van der Waals surface area (Å²) < 4.78 is 1.43. The SMILES string of the molecule is Cc1ncn(C)c(=O)c1CN. The van der Waals surface area contributed by atoms with Crippen LogP contribution in [0.4, 0.5) is 0 Å². The number of nitrogens with zero attached hydrogens (tertiary/aromatic N) is 2. The van der Waals surface area contributed by atoms with Crippen molar-refractivity contribution >= 4 is 0 Å². The van der Waals surface area contributed by atoms with Gasteiger partial charge in [-0.3, -0.25) is 4.79 Å². The van der Waals surface area contributed by atoms with Crippen molar-refractivity contribution in [3.8, 4) is 0 Å². The zero-order valence-electron chi connectivity index (χ0n) is 6.66. The third-order valence-electron chi connectivity index (χ3n) is 1.64. The summed E-state index contributed by atoms with van der Waals surface area (Å²) in [5.41, 5.74) is 6.62. The molecule has 4 heteroatoms. The smallest absolute Gasteiger partial charge is 0.257 e. The van der Waals surface area contributed by atoms with Crippen LogP contribution >= 0.6 is 0 Å². The molecule has 0 unspecified atom stereocenters. The van der Waals surface area contributed by atoms with E-state index < -0.39 is 0 Å². The lowest BCUT2D eigenvalue weighted by atomic mass is 10.2. The standard InChI is InChI=1S/C7H11N3O/c1-5-6(3-8)7(11)10(2)4-9-5/h4H,3,8H2,1-2H3. The molecule has 0 aromatic carbocycles. The number of hydrogen-bond donors (Lipinski definition) is 1. The lowest BCUT2D eigenvalue weighted by molar-refractivity contribution is 0.780. The number of aryl methyl sites for hydroxylation is 2. The van der Waals surface area contributed by atoms with E-state index in [1.807, 2.05) is 0 Å². The van der Waals surface area contributed by atoms with Gasteiger partial charge in [-0.15, -0.1) is 0 Å². The minimum atomic E-state index is -0.0556. The predicted molar refractivity (Wildman–Crippen MR) is 42.1 cm³/mol. The Morgan fingerprint density at radius 2 is 2.36 bits per heavy atom. The second-order valence-electron chi connectivity index (χ2n) is 2.43. The highest BCUT2D eigenvalue weighted by atomic mass is 16.1. The molecule has 0 aliphatic rings. The average molecular weight is 153 g/mol. The first kappa shape index (κ1) is 7.94. The minimum Gasteiger partial charge on any atom is -0.326 e. The Morgan fingerprint density at radius 3 is 2.82 bits per heavy atom. The van der Waals surface area contributed by atoms with Crippen molar-refractivity contribution in [3.05, 3.63) is 27.9 Å². The largest absolute Gasteiger partial charge is 0.326 e. The molecule has 0 radical (unpaired) electrons. The fraction of sp³-hybridized carbons (Fsp3) is 0.429. The Kier molecular flexibility index (Phi) is 2.05. The maximum absolute atomic E-state index is 11.3. The molecular formula is C7H11N3O. The highest BCUT2D eigenvalue weighted by molar-refractivity contribution is 5.14. The highest BCUT2D eigenvalue weighted by Gasteiger charge is 2.02. The first-order valence-electron chi connectivity index (χ1n) is 3.38. The van der Waals surface area contributed by atoms with Gasteiger partial charge in [0, 0.05) is 19.3 Å². The van der Waals surface area contributed by atoms with Crippen LogP contribution in [0.25, 0.3) is 0 Å². The molecule has 0 amide bonds. The second-order valence-corrected chi connectivity index (χ2v) is 2.43. The summed E-state index contributed by atoms with van der Waals surface area (Å²) in [6, 6.07) is 0. The monoisotopic (exact) mass is 153 g/mol. The second kappa shape index (κ2) is 2.84. The van der Waals surface area contributed by atoms with Gasteiger partial charge in [-0.1, -0.05) is 0 Å². The van der Waals surface area contributed by atoms with Crippen molar-refractivity contribution in [1.29, 1.82) is 0 Å². The summed E-state index contributed by atoms with van der Waals surface area (Å²) in [5, 5.41) is 0. The number of rotatable bonds is 1. The van der Waals surface area contributed by atoms with Crippen molar-refractivity contribution in [3.63, 3.8) is 0 Å². The fourth-order valence-electron chi connectivity index (χ4n) is 0.906. The van der Waals surface area contributed by atoms with Crippen LogP contribution in [0, 0.1) is 6.92 Å². The number of aromatic nitrogens is 2. The van der Waals surface area contributed by atoms with E-state index in [0.717, 1.165) is 5.69 Å². The van der Waals surface area contributed by atoms with Crippen LogP contribution in [0.15, 0.2) is 11.1 Å². The maximum Gasteiger partial charge on any atom is 0.257 e. The van der Waals surface area contributed by atoms with Gasteiger partial charge in [-0.05, 0) is 6.92 Å². The van der Waals surface area contributed by atoms with E-state index in [1.165, 1.54) is 10.9 Å². The van der Waals surface area contributed by atoms with E-state index >= 15 is 0 Å². The van der Waals surface area contributed by atoms with Crippen LogP contribution in [0.5, 0.6) is 0 Å². The summed E-state index contributed by atoms with van der Waals surface area (Å²) in [6.45, 7) is 2.04. The summed E-state index contributed by atoms with van der Waals surface area (Å²) in [4.78, 5) is 15.3. The molecule has 11 heavy (non-hydrogen) atoms. The zero-order valence-corrected chi connectivity index (χ0v) is 6.66. The first-order valence-corrected chi connectivity index (χ1v) is 3.38. The maximum atomic E-state index is 11.3. The Labute approximate surface area is 64.7 Å². The van der Waals surface area contributed by atoms with Gasteiger partial charge in [0.2, 0.25) is 0 Å². The van der Waals surface area contributed by atoms with Gasteiger partial charge in [-0.25, -0.2) is 4.98 Å².